The number of nitriles is 1. The first-order valence-electron chi connectivity index (χ1n) is 4.04. The number of methoxy groups -OCH3 is 1. The molecule has 0 atom stereocenters. The second-order valence-electron chi connectivity index (χ2n) is 2.74. The first kappa shape index (κ1) is 11.3. The molecule has 1 aromatic carbocycles. The molecule has 0 spiro atoms. The number of Topliss-reactive ketones (excluding diaryl/α,β-unsaturated/α-hetero) is 1. The van der Waals surface area contributed by atoms with E-state index < -0.39 is 5.78 Å². The van der Waals surface area contributed by atoms with Crippen LogP contribution in [0.25, 0.3) is 0 Å². The number of aromatic hydroxyl groups is 1. The number of rotatable bonds is 3. The van der Waals surface area contributed by atoms with Crippen molar-refractivity contribution in [3.63, 3.8) is 0 Å². The predicted octanol–water partition coefficient (Wildman–Crippen LogP) is 1.69. The Morgan fingerprint density at radius 3 is 2.80 bits per heavy atom. The fourth-order valence-corrected chi connectivity index (χ4v) is 1.31. The van der Waals surface area contributed by atoms with E-state index >= 15 is 0 Å². The Balaban J connectivity index is 3.39. The molecule has 0 aliphatic heterocycles. The fourth-order valence-electron chi connectivity index (χ4n) is 1.17. The minimum Gasteiger partial charge on any atom is -0.507 e. The van der Waals surface area contributed by atoms with Gasteiger partial charge in [-0.2, -0.15) is 5.26 Å². The van der Waals surface area contributed by atoms with E-state index in [1.165, 1.54) is 19.2 Å². The summed E-state index contributed by atoms with van der Waals surface area (Å²) in [6, 6.07) is 4.41. The van der Waals surface area contributed by atoms with Crippen molar-refractivity contribution >= 4 is 17.4 Å². The molecule has 0 unspecified atom stereocenters. The van der Waals surface area contributed by atoms with Crippen LogP contribution >= 0.6 is 11.6 Å². The summed E-state index contributed by atoms with van der Waals surface area (Å²) in [5.41, 5.74) is 0.224. The van der Waals surface area contributed by atoms with Crippen LogP contribution in [0.4, 0.5) is 0 Å². The Morgan fingerprint density at radius 2 is 2.33 bits per heavy atom. The number of carbonyl (C=O) groups excluding carboxylic acids is 1. The lowest BCUT2D eigenvalue weighted by molar-refractivity contribution is 0.101. The maximum atomic E-state index is 11.4. The van der Waals surface area contributed by atoms with Gasteiger partial charge in [-0.25, -0.2) is 0 Å². The summed E-state index contributed by atoms with van der Waals surface area (Å²) >= 11 is 5.38. The molecular weight excluding hydrogens is 218 g/mol. The standard InChI is InChI=1S/C10H8ClNO3/c1-15-9-3-6(5-12)2-7(13)10(9)8(14)4-11/h2-3,13H,4H2,1H3. The monoisotopic (exact) mass is 225 g/mol. The first-order valence-corrected chi connectivity index (χ1v) is 4.57. The number of phenolic OH excluding ortho intramolecular Hbond substituents is 1. The van der Waals surface area contributed by atoms with Crippen LogP contribution in [0.3, 0.4) is 0 Å². The number of ketones is 1. The summed E-state index contributed by atoms with van der Waals surface area (Å²) in [5, 5.41) is 18.2. The van der Waals surface area contributed by atoms with Crippen molar-refractivity contribution in [3.05, 3.63) is 23.3 Å². The van der Waals surface area contributed by atoms with Crippen LogP contribution in [0.2, 0.25) is 0 Å². The molecule has 0 bridgehead atoms. The van der Waals surface area contributed by atoms with E-state index in [4.69, 9.17) is 21.6 Å². The van der Waals surface area contributed by atoms with E-state index in [0.717, 1.165) is 0 Å². The molecule has 0 saturated heterocycles. The van der Waals surface area contributed by atoms with Gasteiger partial charge in [0.05, 0.1) is 24.6 Å². The SMILES string of the molecule is COc1cc(C#N)cc(O)c1C(=O)CCl. The first-order chi connectivity index (χ1) is 7.13. The van der Waals surface area contributed by atoms with Gasteiger partial charge in [-0.1, -0.05) is 0 Å². The second-order valence-corrected chi connectivity index (χ2v) is 3.01. The van der Waals surface area contributed by atoms with Gasteiger partial charge in [0, 0.05) is 0 Å². The third-order valence-electron chi connectivity index (χ3n) is 1.83. The molecular formula is C10H8ClNO3. The van der Waals surface area contributed by atoms with Gasteiger partial charge in [-0.15, -0.1) is 11.6 Å². The Labute approximate surface area is 91.7 Å². The summed E-state index contributed by atoms with van der Waals surface area (Å²) < 4.78 is 4.90. The van der Waals surface area contributed by atoms with E-state index in [0.29, 0.717) is 0 Å². The van der Waals surface area contributed by atoms with Crippen LogP contribution in [-0.2, 0) is 0 Å². The maximum Gasteiger partial charge on any atom is 0.185 e. The second kappa shape index (κ2) is 4.67. The lowest BCUT2D eigenvalue weighted by Crippen LogP contribution is -2.04. The quantitative estimate of drug-likeness (QED) is 0.628. The van der Waals surface area contributed by atoms with Crippen LogP contribution in [0.5, 0.6) is 11.5 Å². The van der Waals surface area contributed by atoms with E-state index in [2.05, 4.69) is 0 Å². The van der Waals surface area contributed by atoms with Gasteiger partial charge in [-0.3, -0.25) is 4.79 Å². The van der Waals surface area contributed by atoms with Crippen LogP contribution in [0.15, 0.2) is 12.1 Å². The van der Waals surface area contributed by atoms with Crippen LogP contribution in [0, 0.1) is 11.3 Å². The van der Waals surface area contributed by atoms with Gasteiger partial charge in [0.25, 0.3) is 0 Å². The van der Waals surface area contributed by atoms with Crippen molar-refractivity contribution in [2.24, 2.45) is 0 Å². The predicted molar refractivity (Wildman–Crippen MR) is 54.4 cm³/mol. The maximum absolute atomic E-state index is 11.4. The van der Waals surface area contributed by atoms with E-state index in [9.17, 15) is 9.90 Å². The van der Waals surface area contributed by atoms with Gasteiger partial charge in [-0.05, 0) is 12.1 Å². The molecule has 0 amide bonds. The summed E-state index contributed by atoms with van der Waals surface area (Å²) in [7, 11) is 1.35. The molecule has 0 aliphatic carbocycles. The Hall–Kier alpha value is -1.73. The number of benzene rings is 1. The topological polar surface area (TPSA) is 70.3 Å². The minimum atomic E-state index is -0.449. The van der Waals surface area contributed by atoms with Crippen molar-refractivity contribution < 1.29 is 14.6 Å². The van der Waals surface area contributed by atoms with Crippen LogP contribution < -0.4 is 4.74 Å². The van der Waals surface area contributed by atoms with Crippen molar-refractivity contribution in [1.29, 1.82) is 5.26 Å². The molecule has 0 radical (unpaired) electrons. The smallest absolute Gasteiger partial charge is 0.185 e. The van der Waals surface area contributed by atoms with Crippen LogP contribution in [-0.4, -0.2) is 23.9 Å². The number of carbonyl (C=O) groups is 1. The highest BCUT2D eigenvalue weighted by atomic mass is 35.5. The number of alkyl halides is 1. The fraction of sp³-hybridized carbons (Fsp3) is 0.200. The molecule has 0 heterocycles. The largest absolute Gasteiger partial charge is 0.507 e. The van der Waals surface area contributed by atoms with E-state index in [1.54, 1.807) is 0 Å². The minimum absolute atomic E-state index is 0.00602. The van der Waals surface area contributed by atoms with Gasteiger partial charge < -0.3 is 9.84 Å². The van der Waals surface area contributed by atoms with Crippen molar-refractivity contribution in [1.82, 2.24) is 0 Å². The normalized spacial score (nSPS) is 9.40. The summed E-state index contributed by atoms with van der Waals surface area (Å²) in [4.78, 5) is 11.4. The molecule has 5 heteroatoms. The summed E-state index contributed by atoms with van der Waals surface area (Å²) in [6.07, 6.45) is 0. The number of nitrogens with zero attached hydrogens (tertiary/aromatic N) is 1. The number of hydrogen-bond acceptors (Lipinski definition) is 4. The zero-order chi connectivity index (χ0) is 11.4. The highest BCUT2D eigenvalue weighted by Crippen LogP contribution is 2.30. The molecule has 15 heavy (non-hydrogen) atoms. The Bertz CT molecular complexity index is 437. The average Bonchev–Trinajstić information content (AvgIpc) is 2.26. The van der Waals surface area contributed by atoms with Gasteiger partial charge >= 0.3 is 0 Å². The van der Waals surface area contributed by atoms with E-state index in [1.807, 2.05) is 6.07 Å². The number of ether oxygens (including phenoxy) is 1. The number of phenols is 1. The molecule has 0 aliphatic rings. The zero-order valence-corrected chi connectivity index (χ0v) is 8.71. The number of hydrogen-bond donors (Lipinski definition) is 1. The molecule has 1 rings (SSSR count). The van der Waals surface area contributed by atoms with Crippen molar-refractivity contribution in [3.8, 4) is 17.6 Å². The lowest BCUT2D eigenvalue weighted by Gasteiger charge is -2.08. The van der Waals surface area contributed by atoms with Gasteiger partial charge in [0.15, 0.2) is 5.78 Å². The highest BCUT2D eigenvalue weighted by Gasteiger charge is 2.17. The summed E-state index contributed by atoms with van der Waals surface area (Å²) in [5.74, 6) is -0.847. The average molecular weight is 226 g/mol. The van der Waals surface area contributed by atoms with Crippen molar-refractivity contribution in [2.45, 2.75) is 0 Å². The molecule has 1 N–H and O–H groups in total. The van der Waals surface area contributed by atoms with Gasteiger partial charge in [0.1, 0.15) is 17.1 Å². The molecule has 78 valence electrons. The lowest BCUT2D eigenvalue weighted by atomic mass is 10.1. The Kier molecular flexibility index (Phi) is 3.53. The molecule has 0 aromatic heterocycles. The molecule has 0 saturated carbocycles. The third kappa shape index (κ3) is 2.20. The summed E-state index contributed by atoms with van der Waals surface area (Å²) in [6.45, 7) is 0. The third-order valence-corrected chi connectivity index (χ3v) is 2.07. The zero-order valence-electron chi connectivity index (χ0n) is 7.95. The molecule has 4 nitrogen and oxygen atoms in total. The molecule has 1 aromatic rings. The van der Waals surface area contributed by atoms with E-state index in [-0.39, 0.29) is 28.5 Å². The van der Waals surface area contributed by atoms with Gasteiger partial charge in [0.2, 0.25) is 0 Å². The molecule has 0 fully saturated rings. The Morgan fingerprint density at radius 1 is 1.67 bits per heavy atom. The van der Waals surface area contributed by atoms with Crippen LogP contribution in [0.1, 0.15) is 15.9 Å². The van der Waals surface area contributed by atoms with Crippen molar-refractivity contribution in [2.75, 3.05) is 13.0 Å². The highest BCUT2D eigenvalue weighted by molar-refractivity contribution is 6.31. The number of halogens is 1.